The topological polar surface area (TPSA) is 24.1 Å². The third-order valence-electron chi connectivity index (χ3n) is 2.48. The summed E-state index contributed by atoms with van der Waals surface area (Å²) in [6, 6.07) is 0.132. The fourth-order valence-electron chi connectivity index (χ4n) is 1.59. The highest BCUT2D eigenvalue weighted by Crippen LogP contribution is 2.21. The van der Waals surface area contributed by atoms with Crippen molar-refractivity contribution in [3.8, 4) is 0 Å². The smallest absolute Gasteiger partial charge is 0.313 e. The molecule has 0 amide bonds. The Kier molecular flexibility index (Phi) is 4.79. The minimum atomic E-state index is -3.92. The molecule has 1 atom stereocenters. The summed E-state index contributed by atoms with van der Waals surface area (Å²) in [6.07, 6.45) is -0.536. The van der Waals surface area contributed by atoms with Crippen LogP contribution in [-0.2, 0) is 0 Å². The largest absolute Gasteiger partial charge is 0.319 e. The highest BCUT2D eigenvalue weighted by atomic mass is 19.3. The van der Waals surface area contributed by atoms with Gasteiger partial charge >= 0.3 is 12.3 Å². The van der Waals surface area contributed by atoms with Gasteiger partial charge in [-0.3, -0.25) is 0 Å². The Hall–Kier alpha value is -0.360. The SMILES string of the molecule is FC(F)C(F)(F)CNCC1CCCCN1. The first-order valence-corrected chi connectivity index (χ1v) is 5.12. The summed E-state index contributed by atoms with van der Waals surface area (Å²) in [4.78, 5) is 0. The van der Waals surface area contributed by atoms with Crippen LogP contribution in [0.3, 0.4) is 0 Å². The van der Waals surface area contributed by atoms with Crippen LogP contribution in [0.4, 0.5) is 17.6 Å². The monoisotopic (exact) mass is 228 g/mol. The quantitative estimate of drug-likeness (QED) is 0.699. The van der Waals surface area contributed by atoms with Gasteiger partial charge < -0.3 is 10.6 Å². The van der Waals surface area contributed by atoms with Gasteiger partial charge in [-0.2, -0.15) is 8.78 Å². The number of hydrogen-bond acceptors (Lipinski definition) is 2. The lowest BCUT2D eigenvalue weighted by Crippen LogP contribution is -2.46. The first-order chi connectivity index (χ1) is 7.02. The molecular formula is C9H16F4N2. The Morgan fingerprint density at radius 2 is 2.07 bits per heavy atom. The van der Waals surface area contributed by atoms with Gasteiger partial charge in [-0.1, -0.05) is 6.42 Å². The second-order valence-corrected chi connectivity index (χ2v) is 3.84. The van der Waals surface area contributed by atoms with Crippen LogP contribution in [0.5, 0.6) is 0 Å². The van der Waals surface area contributed by atoms with Crippen molar-refractivity contribution in [3.63, 3.8) is 0 Å². The Morgan fingerprint density at radius 3 is 2.60 bits per heavy atom. The van der Waals surface area contributed by atoms with Crippen LogP contribution in [0.15, 0.2) is 0 Å². The predicted octanol–water partition coefficient (Wildman–Crippen LogP) is 1.62. The fraction of sp³-hybridized carbons (Fsp3) is 1.00. The number of alkyl halides is 4. The maximum absolute atomic E-state index is 12.5. The van der Waals surface area contributed by atoms with Crippen LogP contribution in [0.2, 0.25) is 0 Å². The molecule has 1 saturated heterocycles. The average Bonchev–Trinajstić information content (AvgIpc) is 2.19. The zero-order chi connectivity index (χ0) is 11.3. The van der Waals surface area contributed by atoms with Crippen LogP contribution >= 0.6 is 0 Å². The van der Waals surface area contributed by atoms with E-state index in [9.17, 15) is 17.6 Å². The van der Waals surface area contributed by atoms with E-state index >= 15 is 0 Å². The molecule has 1 unspecified atom stereocenters. The molecule has 0 bridgehead atoms. The van der Waals surface area contributed by atoms with Crippen LogP contribution in [0.25, 0.3) is 0 Å². The maximum atomic E-state index is 12.5. The fourth-order valence-corrected chi connectivity index (χ4v) is 1.59. The number of piperidine rings is 1. The van der Waals surface area contributed by atoms with Gasteiger partial charge in [0.2, 0.25) is 0 Å². The van der Waals surface area contributed by atoms with Gasteiger partial charge in [0.15, 0.2) is 0 Å². The molecule has 0 aromatic rings. The van der Waals surface area contributed by atoms with Crippen molar-refractivity contribution in [2.24, 2.45) is 0 Å². The Morgan fingerprint density at radius 1 is 1.33 bits per heavy atom. The maximum Gasteiger partial charge on any atom is 0.319 e. The zero-order valence-corrected chi connectivity index (χ0v) is 8.41. The minimum Gasteiger partial charge on any atom is -0.313 e. The van der Waals surface area contributed by atoms with Crippen molar-refractivity contribution in [1.82, 2.24) is 10.6 Å². The van der Waals surface area contributed by atoms with E-state index in [1.807, 2.05) is 0 Å². The second-order valence-electron chi connectivity index (χ2n) is 3.84. The zero-order valence-electron chi connectivity index (χ0n) is 8.41. The molecule has 0 spiro atoms. The number of rotatable bonds is 5. The van der Waals surface area contributed by atoms with E-state index in [1.54, 1.807) is 0 Å². The average molecular weight is 228 g/mol. The molecule has 0 aromatic heterocycles. The van der Waals surface area contributed by atoms with Crippen LogP contribution in [0.1, 0.15) is 19.3 Å². The van der Waals surface area contributed by atoms with Gasteiger partial charge in [-0.25, -0.2) is 8.78 Å². The molecule has 1 heterocycles. The lowest BCUT2D eigenvalue weighted by Gasteiger charge is -2.24. The van der Waals surface area contributed by atoms with Gasteiger partial charge in [-0.15, -0.1) is 0 Å². The molecule has 0 radical (unpaired) electrons. The Labute approximate surface area is 86.4 Å². The summed E-state index contributed by atoms with van der Waals surface area (Å²) < 4.78 is 48.5. The van der Waals surface area contributed by atoms with E-state index in [-0.39, 0.29) is 6.04 Å². The van der Waals surface area contributed by atoms with Crippen molar-refractivity contribution in [3.05, 3.63) is 0 Å². The van der Waals surface area contributed by atoms with Gasteiger partial charge in [-0.05, 0) is 19.4 Å². The molecule has 15 heavy (non-hydrogen) atoms. The van der Waals surface area contributed by atoms with Gasteiger partial charge in [0, 0.05) is 12.6 Å². The van der Waals surface area contributed by atoms with E-state index in [2.05, 4.69) is 10.6 Å². The number of nitrogens with one attached hydrogen (secondary N) is 2. The van der Waals surface area contributed by atoms with E-state index in [0.29, 0.717) is 6.54 Å². The second kappa shape index (κ2) is 5.65. The minimum absolute atomic E-state index is 0.132. The Balaban J connectivity index is 2.14. The third kappa shape index (κ3) is 4.34. The van der Waals surface area contributed by atoms with Crippen molar-refractivity contribution < 1.29 is 17.6 Å². The molecule has 2 nitrogen and oxygen atoms in total. The summed E-state index contributed by atoms with van der Waals surface area (Å²) in [5.41, 5.74) is 0. The number of halogens is 4. The van der Waals surface area contributed by atoms with Crippen LogP contribution in [0, 0.1) is 0 Å². The molecule has 1 rings (SSSR count). The standard InChI is InChI=1S/C9H16F4N2/c10-8(11)9(12,13)6-14-5-7-3-1-2-4-15-7/h7-8,14-15H,1-6H2. The van der Waals surface area contributed by atoms with Gasteiger partial charge in [0.25, 0.3) is 0 Å². The van der Waals surface area contributed by atoms with Crippen molar-refractivity contribution in [2.45, 2.75) is 37.7 Å². The number of hydrogen-bond donors (Lipinski definition) is 2. The summed E-state index contributed by atoms with van der Waals surface area (Å²) in [7, 11) is 0. The summed E-state index contributed by atoms with van der Waals surface area (Å²) in [5.74, 6) is -3.92. The summed E-state index contributed by atoms with van der Waals surface area (Å²) >= 11 is 0. The Bertz CT molecular complexity index is 181. The molecule has 2 N–H and O–H groups in total. The first-order valence-electron chi connectivity index (χ1n) is 5.12. The summed E-state index contributed by atoms with van der Waals surface area (Å²) in [5, 5.41) is 5.52. The first kappa shape index (κ1) is 12.7. The van der Waals surface area contributed by atoms with Gasteiger partial charge in [0.1, 0.15) is 0 Å². The van der Waals surface area contributed by atoms with E-state index in [1.165, 1.54) is 0 Å². The van der Waals surface area contributed by atoms with Crippen LogP contribution < -0.4 is 10.6 Å². The molecule has 1 fully saturated rings. The highest BCUT2D eigenvalue weighted by Gasteiger charge is 2.40. The van der Waals surface area contributed by atoms with Crippen molar-refractivity contribution >= 4 is 0 Å². The van der Waals surface area contributed by atoms with Crippen LogP contribution in [-0.4, -0.2) is 38.0 Å². The lowest BCUT2D eigenvalue weighted by atomic mass is 10.1. The molecular weight excluding hydrogens is 212 g/mol. The molecule has 0 saturated carbocycles. The van der Waals surface area contributed by atoms with E-state index in [4.69, 9.17) is 0 Å². The lowest BCUT2D eigenvalue weighted by molar-refractivity contribution is -0.125. The predicted molar refractivity (Wildman–Crippen MR) is 49.5 cm³/mol. The van der Waals surface area contributed by atoms with Crippen molar-refractivity contribution in [1.29, 1.82) is 0 Å². The molecule has 90 valence electrons. The molecule has 0 aliphatic carbocycles. The summed E-state index contributed by atoms with van der Waals surface area (Å²) in [6.45, 7) is 0.239. The van der Waals surface area contributed by atoms with E-state index < -0.39 is 18.9 Å². The molecule has 6 heteroatoms. The normalized spacial score (nSPS) is 23.4. The highest BCUT2D eigenvalue weighted by molar-refractivity contribution is 4.77. The molecule has 1 aliphatic heterocycles. The third-order valence-corrected chi connectivity index (χ3v) is 2.48. The van der Waals surface area contributed by atoms with E-state index in [0.717, 1.165) is 25.8 Å². The van der Waals surface area contributed by atoms with Gasteiger partial charge in [0.05, 0.1) is 6.54 Å². The molecule has 0 aromatic carbocycles. The van der Waals surface area contributed by atoms with Crippen molar-refractivity contribution in [2.75, 3.05) is 19.6 Å². The molecule has 1 aliphatic rings.